The van der Waals surface area contributed by atoms with Crippen molar-refractivity contribution in [2.75, 3.05) is 39.0 Å². The Morgan fingerprint density at radius 3 is 2.91 bits per heavy atom. The fraction of sp³-hybridized carbons (Fsp3) is 0.600. The predicted octanol–water partition coefficient (Wildman–Crippen LogP) is 3.13. The number of aromatic nitrogens is 1. The molecule has 2 rings (SSSR count). The summed E-state index contributed by atoms with van der Waals surface area (Å²) in [5.74, 6) is 2.64. The van der Waals surface area contributed by atoms with Crippen LogP contribution in [0.4, 0.5) is 0 Å². The number of thioether (sulfide) groups is 1. The van der Waals surface area contributed by atoms with Gasteiger partial charge in [-0.25, -0.2) is 4.98 Å². The highest BCUT2D eigenvalue weighted by molar-refractivity contribution is 14.0. The lowest BCUT2D eigenvalue weighted by Crippen LogP contribution is -2.51. The van der Waals surface area contributed by atoms with Crippen molar-refractivity contribution < 1.29 is 4.74 Å². The third-order valence-corrected chi connectivity index (χ3v) is 4.79. The second kappa shape index (κ2) is 9.78. The van der Waals surface area contributed by atoms with Crippen molar-refractivity contribution in [1.29, 1.82) is 0 Å². The van der Waals surface area contributed by atoms with Gasteiger partial charge >= 0.3 is 0 Å². The molecule has 1 aliphatic heterocycles. The van der Waals surface area contributed by atoms with Gasteiger partial charge in [0, 0.05) is 42.9 Å². The van der Waals surface area contributed by atoms with E-state index in [2.05, 4.69) is 34.0 Å². The van der Waals surface area contributed by atoms with E-state index in [1.54, 1.807) is 18.3 Å². The SMILES string of the molecule is CN=C(NCCOc1ccc(Cl)cn1)N1CCSC(C)(C)C1.I. The van der Waals surface area contributed by atoms with Crippen LogP contribution in [0.3, 0.4) is 0 Å². The summed E-state index contributed by atoms with van der Waals surface area (Å²) in [5.41, 5.74) is 0. The van der Waals surface area contributed by atoms with Gasteiger partial charge in [-0.05, 0) is 19.9 Å². The highest BCUT2D eigenvalue weighted by Crippen LogP contribution is 2.29. The Morgan fingerprint density at radius 1 is 1.52 bits per heavy atom. The van der Waals surface area contributed by atoms with Gasteiger partial charge in [-0.2, -0.15) is 11.8 Å². The van der Waals surface area contributed by atoms with E-state index < -0.39 is 0 Å². The van der Waals surface area contributed by atoms with Gasteiger partial charge < -0.3 is 15.0 Å². The fourth-order valence-corrected chi connectivity index (χ4v) is 3.52. The van der Waals surface area contributed by atoms with Gasteiger partial charge in [-0.15, -0.1) is 24.0 Å². The second-order valence-electron chi connectivity index (χ2n) is 5.67. The molecule has 1 N–H and O–H groups in total. The number of rotatable bonds is 4. The van der Waals surface area contributed by atoms with E-state index in [9.17, 15) is 0 Å². The molecule has 1 fully saturated rings. The molecule has 23 heavy (non-hydrogen) atoms. The Balaban J connectivity index is 0.00000264. The number of hydrogen-bond acceptors (Lipinski definition) is 4. The van der Waals surface area contributed by atoms with Gasteiger partial charge in [0.05, 0.1) is 11.6 Å². The average molecular weight is 471 g/mol. The monoisotopic (exact) mass is 470 g/mol. The van der Waals surface area contributed by atoms with Gasteiger partial charge in [0.25, 0.3) is 0 Å². The first-order valence-corrected chi connectivity index (χ1v) is 8.70. The maximum absolute atomic E-state index is 5.79. The molecule has 0 aliphatic carbocycles. The summed E-state index contributed by atoms with van der Waals surface area (Å²) in [5, 5.41) is 3.95. The van der Waals surface area contributed by atoms with Crippen molar-refractivity contribution >= 4 is 53.3 Å². The van der Waals surface area contributed by atoms with Crippen LogP contribution in [0.15, 0.2) is 23.3 Å². The molecule has 0 amide bonds. The molecular weight excluding hydrogens is 447 g/mol. The highest BCUT2D eigenvalue weighted by Gasteiger charge is 2.28. The molecule has 1 aliphatic rings. The van der Waals surface area contributed by atoms with E-state index in [1.807, 2.05) is 18.8 Å². The van der Waals surface area contributed by atoms with E-state index >= 15 is 0 Å². The number of ether oxygens (including phenoxy) is 1. The van der Waals surface area contributed by atoms with E-state index in [4.69, 9.17) is 16.3 Å². The van der Waals surface area contributed by atoms with Crippen LogP contribution in [0.1, 0.15) is 13.8 Å². The first kappa shape index (κ1) is 20.6. The van der Waals surface area contributed by atoms with Crippen LogP contribution in [0.5, 0.6) is 5.88 Å². The number of nitrogens with zero attached hydrogens (tertiary/aromatic N) is 3. The molecule has 2 heterocycles. The molecule has 0 atom stereocenters. The van der Waals surface area contributed by atoms with Crippen LogP contribution in [-0.4, -0.2) is 59.6 Å². The number of pyridine rings is 1. The first-order chi connectivity index (χ1) is 10.5. The zero-order valence-corrected chi connectivity index (χ0v) is 17.6. The van der Waals surface area contributed by atoms with Gasteiger partial charge in [0.1, 0.15) is 6.61 Å². The minimum atomic E-state index is 0. The Hall–Kier alpha value is -0.410. The third kappa shape index (κ3) is 6.93. The number of aliphatic imine (C=N–C) groups is 1. The normalized spacial score (nSPS) is 17.4. The van der Waals surface area contributed by atoms with Crippen molar-refractivity contribution in [3.8, 4) is 5.88 Å². The fourth-order valence-electron chi connectivity index (χ4n) is 2.30. The largest absolute Gasteiger partial charge is 0.476 e. The Kier molecular flexibility index (Phi) is 8.78. The van der Waals surface area contributed by atoms with Crippen LogP contribution < -0.4 is 10.1 Å². The zero-order chi connectivity index (χ0) is 16.0. The first-order valence-electron chi connectivity index (χ1n) is 7.34. The molecule has 0 aromatic carbocycles. The van der Waals surface area contributed by atoms with Crippen molar-refractivity contribution in [3.63, 3.8) is 0 Å². The summed E-state index contributed by atoms with van der Waals surface area (Å²) in [6.45, 7) is 7.77. The molecule has 130 valence electrons. The van der Waals surface area contributed by atoms with E-state index in [0.29, 0.717) is 24.1 Å². The third-order valence-electron chi connectivity index (χ3n) is 3.27. The number of hydrogen-bond donors (Lipinski definition) is 1. The summed E-state index contributed by atoms with van der Waals surface area (Å²) in [4.78, 5) is 10.8. The topological polar surface area (TPSA) is 49.8 Å². The molecule has 0 radical (unpaired) electrons. The second-order valence-corrected chi connectivity index (χ2v) is 7.91. The quantitative estimate of drug-likeness (QED) is 0.317. The lowest BCUT2D eigenvalue weighted by atomic mass is 10.2. The molecule has 1 aromatic rings. The van der Waals surface area contributed by atoms with Crippen molar-refractivity contribution in [2.24, 2.45) is 4.99 Å². The molecule has 0 bridgehead atoms. The Labute approximate surface area is 164 Å². The Morgan fingerprint density at radius 2 is 2.30 bits per heavy atom. The van der Waals surface area contributed by atoms with Gasteiger partial charge in [-0.1, -0.05) is 11.6 Å². The zero-order valence-electron chi connectivity index (χ0n) is 13.7. The minimum Gasteiger partial charge on any atom is -0.476 e. The van der Waals surface area contributed by atoms with Crippen molar-refractivity contribution in [3.05, 3.63) is 23.4 Å². The van der Waals surface area contributed by atoms with Crippen LogP contribution in [0.25, 0.3) is 0 Å². The smallest absolute Gasteiger partial charge is 0.213 e. The molecular formula is C15H24ClIN4OS. The minimum absolute atomic E-state index is 0. The molecule has 0 unspecified atom stereocenters. The standard InChI is InChI=1S/C15H23ClN4OS.HI/c1-15(2)11-20(7-9-22-15)14(17-3)18-6-8-21-13-5-4-12(16)10-19-13;/h4-5,10H,6-9,11H2,1-3H3,(H,17,18);1H. The predicted molar refractivity (Wildman–Crippen MR) is 110 cm³/mol. The van der Waals surface area contributed by atoms with Gasteiger partial charge in [-0.3, -0.25) is 4.99 Å². The lowest BCUT2D eigenvalue weighted by molar-refractivity contribution is 0.304. The van der Waals surface area contributed by atoms with Crippen molar-refractivity contribution in [1.82, 2.24) is 15.2 Å². The lowest BCUT2D eigenvalue weighted by Gasteiger charge is -2.39. The number of halogens is 2. The molecule has 8 heteroatoms. The summed E-state index contributed by atoms with van der Waals surface area (Å²) >= 11 is 7.80. The number of guanidine groups is 1. The van der Waals surface area contributed by atoms with Crippen LogP contribution in [0, 0.1) is 0 Å². The highest BCUT2D eigenvalue weighted by atomic mass is 127. The maximum atomic E-state index is 5.79. The molecule has 1 saturated heterocycles. The van der Waals surface area contributed by atoms with Crippen molar-refractivity contribution in [2.45, 2.75) is 18.6 Å². The van der Waals surface area contributed by atoms with Crippen LogP contribution in [0.2, 0.25) is 5.02 Å². The molecule has 0 saturated carbocycles. The summed E-state index contributed by atoms with van der Waals surface area (Å²) in [6, 6.07) is 3.53. The van der Waals surface area contributed by atoms with Crippen LogP contribution >= 0.6 is 47.3 Å². The van der Waals surface area contributed by atoms with Gasteiger partial charge in [0.15, 0.2) is 5.96 Å². The summed E-state index contributed by atoms with van der Waals surface area (Å²) in [7, 11) is 1.82. The van der Waals surface area contributed by atoms with E-state index in [-0.39, 0.29) is 28.7 Å². The summed E-state index contributed by atoms with van der Waals surface area (Å²) in [6.07, 6.45) is 1.58. The molecule has 5 nitrogen and oxygen atoms in total. The van der Waals surface area contributed by atoms with Crippen LogP contribution in [-0.2, 0) is 0 Å². The van der Waals surface area contributed by atoms with E-state index in [0.717, 1.165) is 24.8 Å². The number of nitrogens with one attached hydrogen (secondary N) is 1. The molecule has 1 aromatic heterocycles. The Bertz CT molecular complexity index is 513. The summed E-state index contributed by atoms with van der Waals surface area (Å²) < 4.78 is 5.84. The van der Waals surface area contributed by atoms with E-state index in [1.165, 1.54) is 0 Å². The molecule has 0 spiro atoms. The van der Waals surface area contributed by atoms with Gasteiger partial charge in [0.2, 0.25) is 5.88 Å². The average Bonchev–Trinajstić information content (AvgIpc) is 2.48. The maximum Gasteiger partial charge on any atom is 0.213 e.